The van der Waals surface area contributed by atoms with Crippen molar-refractivity contribution in [2.24, 2.45) is 0 Å². The maximum atomic E-state index is 13.8. The highest BCUT2D eigenvalue weighted by Gasteiger charge is 2.33. The largest absolute Gasteiger partial charge is 0.357 e. The Kier molecular flexibility index (Phi) is 8.92. The van der Waals surface area contributed by atoms with Crippen molar-refractivity contribution in [1.82, 2.24) is 10.2 Å². The molecule has 0 fully saturated rings. The first-order chi connectivity index (χ1) is 17.1. The molecule has 9 heteroatoms. The third-order valence-corrected chi connectivity index (χ3v) is 8.38. The molecule has 3 aromatic rings. The number of carbonyl (C=O) groups is 2. The van der Waals surface area contributed by atoms with Crippen molar-refractivity contribution < 1.29 is 18.0 Å². The van der Waals surface area contributed by atoms with Crippen molar-refractivity contribution in [2.45, 2.75) is 38.3 Å². The minimum absolute atomic E-state index is 0.0802. The second-order valence-corrected chi connectivity index (χ2v) is 11.3. The summed E-state index contributed by atoms with van der Waals surface area (Å²) in [4.78, 5) is 27.8. The molecule has 7 nitrogen and oxygen atoms in total. The topological polar surface area (TPSA) is 86.8 Å². The Morgan fingerprint density at radius 2 is 1.64 bits per heavy atom. The Bertz CT molecular complexity index is 1350. The van der Waals surface area contributed by atoms with E-state index >= 15 is 0 Å². The number of sulfonamides is 1. The normalized spacial score (nSPS) is 12.0. The zero-order valence-corrected chi connectivity index (χ0v) is 23.1. The second-order valence-electron chi connectivity index (χ2n) is 8.49. The van der Waals surface area contributed by atoms with Crippen LogP contribution in [0.25, 0.3) is 0 Å². The summed E-state index contributed by atoms with van der Waals surface area (Å²) in [5.41, 5.74) is 2.88. The molecule has 0 aliphatic rings. The van der Waals surface area contributed by atoms with Crippen LogP contribution in [0, 0.1) is 13.8 Å². The predicted octanol–water partition coefficient (Wildman–Crippen LogP) is 4.42. The number of halogens is 1. The van der Waals surface area contributed by atoms with E-state index in [9.17, 15) is 18.0 Å². The Hall–Kier alpha value is -3.17. The van der Waals surface area contributed by atoms with E-state index < -0.39 is 28.5 Å². The highest BCUT2D eigenvalue weighted by atomic mass is 79.9. The zero-order valence-electron chi connectivity index (χ0n) is 20.7. The van der Waals surface area contributed by atoms with Gasteiger partial charge in [-0.1, -0.05) is 58.4 Å². The summed E-state index contributed by atoms with van der Waals surface area (Å²) in [5, 5.41) is 2.58. The first-order valence-corrected chi connectivity index (χ1v) is 13.7. The molecule has 0 aliphatic carbocycles. The molecule has 0 heterocycles. The Morgan fingerprint density at radius 3 is 2.28 bits per heavy atom. The number of amides is 2. The molecule has 1 N–H and O–H groups in total. The number of carbonyl (C=O) groups excluding carboxylic acids is 2. The van der Waals surface area contributed by atoms with E-state index in [0.29, 0.717) is 5.69 Å². The van der Waals surface area contributed by atoms with Gasteiger partial charge >= 0.3 is 0 Å². The predicted molar refractivity (Wildman–Crippen MR) is 145 cm³/mol. The zero-order chi connectivity index (χ0) is 26.5. The van der Waals surface area contributed by atoms with E-state index in [1.54, 1.807) is 37.3 Å². The molecular formula is C27H30BrN3O4S. The van der Waals surface area contributed by atoms with Crippen LogP contribution in [0.1, 0.15) is 23.6 Å². The monoisotopic (exact) mass is 571 g/mol. The maximum absolute atomic E-state index is 13.8. The van der Waals surface area contributed by atoms with Gasteiger partial charge in [0.2, 0.25) is 11.8 Å². The lowest BCUT2D eigenvalue weighted by Gasteiger charge is -2.32. The van der Waals surface area contributed by atoms with Crippen LogP contribution in [0.3, 0.4) is 0 Å². The summed E-state index contributed by atoms with van der Waals surface area (Å²) in [5.74, 6) is -0.839. The number of hydrogen-bond donors (Lipinski definition) is 1. The Balaban J connectivity index is 2.07. The second kappa shape index (κ2) is 11.7. The van der Waals surface area contributed by atoms with Gasteiger partial charge in [0.05, 0.1) is 10.6 Å². The van der Waals surface area contributed by atoms with Crippen LogP contribution < -0.4 is 9.62 Å². The molecule has 190 valence electrons. The molecule has 0 saturated heterocycles. The number of nitrogens with zero attached hydrogens (tertiary/aromatic N) is 2. The minimum Gasteiger partial charge on any atom is -0.357 e. The number of likely N-dealkylation sites (N-methyl/N-ethyl adjacent to an activating group) is 1. The lowest BCUT2D eigenvalue weighted by atomic mass is 10.1. The summed E-state index contributed by atoms with van der Waals surface area (Å²) in [6.07, 6.45) is 0. The smallest absolute Gasteiger partial charge is 0.264 e. The molecule has 0 spiro atoms. The maximum Gasteiger partial charge on any atom is 0.264 e. The molecule has 0 aliphatic heterocycles. The number of anilines is 1. The van der Waals surface area contributed by atoms with Gasteiger partial charge in [0.25, 0.3) is 10.0 Å². The molecule has 0 radical (unpaired) electrons. The quantitative estimate of drug-likeness (QED) is 0.411. The number of aryl methyl sites for hydroxylation is 1. The van der Waals surface area contributed by atoms with E-state index in [1.165, 1.54) is 24.1 Å². The first kappa shape index (κ1) is 27.4. The van der Waals surface area contributed by atoms with Gasteiger partial charge in [-0.3, -0.25) is 13.9 Å². The van der Waals surface area contributed by atoms with Gasteiger partial charge < -0.3 is 10.2 Å². The van der Waals surface area contributed by atoms with Crippen LogP contribution in [-0.2, 0) is 26.2 Å². The lowest BCUT2D eigenvalue weighted by Crippen LogP contribution is -2.50. The lowest BCUT2D eigenvalue weighted by molar-refractivity contribution is -0.139. The fourth-order valence-corrected chi connectivity index (χ4v) is 5.80. The molecule has 2 amide bonds. The van der Waals surface area contributed by atoms with Crippen molar-refractivity contribution in [3.8, 4) is 0 Å². The van der Waals surface area contributed by atoms with E-state index in [1.807, 2.05) is 44.2 Å². The van der Waals surface area contributed by atoms with Crippen molar-refractivity contribution >= 4 is 43.5 Å². The summed E-state index contributed by atoms with van der Waals surface area (Å²) >= 11 is 3.44. The molecule has 1 unspecified atom stereocenters. The molecular weight excluding hydrogens is 542 g/mol. The van der Waals surface area contributed by atoms with Crippen LogP contribution in [0.5, 0.6) is 0 Å². The number of nitrogens with one attached hydrogen (secondary N) is 1. The van der Waals surface area contributed by atoms with E-state index in [0.717, 1.165) is 25.5 Å². The fraction of sp³-hybridized carbons (Fsp3) is 0.259. The molecule has 1 atom stereocenters. The van der Waals surface area contributed by atoms with Gasteiger partial charge in [-0.25, -0.2) is 8.42 Å². The molecule has 36 heavy (non-hydrogen) atoms. The number of hydrogen-bond acceptors (Lipinski definition) is 4. The Labute approximate surface area is 221 Å². The minimum atomic E-state index is -4.08. The van der Waals surface area contributed by atoms with Crippen LogP contribution in [0.4, 0.5) is 5.69 Å². The fourth-order valence-electron chi connectivity index (χ4n) is 3.86. The van der Waals surface area contributed by atoms with Gasteiger partial charge in [0.1, 0.15) is 12.6 Å². The van der Waals surface area contributed by atoms with Crippen molar-refractivity contribution in [3.63, 3.8) is 0 Å². The highest BCUT2D eigenvalue weighted by molar-refractivity contribution is 9.10. The standard InChI is InChI=1S/C27H30BrN3O4S/c1-19-10-8-15-25(20(19)2)31(36(34,35)24-13-6-5-7-14-24)18-26(32)30(21(3)27(33)29-4)17-22-11-9-12-23(28)16-22/h5-16,21H,17-18H2,1-4H3,(H,29,33). The van der Waals surface area contributed by atoms with Gasteiger partial charge in [-0.2, -0.15) is 0 Å². The summed E-state index contributed by atoms with van der Waals surface area (Å²) < 4.78 is 29.5. The van der Waals surface area contributed by atoms with Crippen LogP contribution in [-0.4, -0.2) is 44.8 Å². The van der Waals surface area contributed by atoms with E-state index in [2.05, 4.69) is 21.2 Å². The Morgan fingerprint density at radius 1 is 0.972 bits per heavy atom. The summed E-state index contributed by atoms with van der Waals surface area (Å²) in [7, 11) is -2.57. The van der Waals surface area contributed by atoms with Crippen molar-refractivity contribution in [3.05, 3.63) is 94.0 Å². The van der Waals surface area contributed by atoms with Gasteiger partial charge in [-0.05, 0) is 67.8 Å². The molecule has 3 rings (SSSR count). The number of benzene rings is 3. The molecule has 3 aromatic carbocycles. The summed E-state index contributed by atoms with van der Waals surface area (Å²) in [6.45, 7) is 5.02. The van der Waals surface area contributed by atoms with E-state index in [-0.39, 0.29) is 17.3 Å². The highest BCUT2D eigenvalue weighted by Crippen LogP contribution is 2.29. The van der Waals surface area contributed by atoms with Crippen LogP contribution in [0.15, 0.2) is 82.2 Å². The average molecular weight is 573 g/mol. The van der Waals surface area contributed by atoms with Crippen LogP contribution in [0.2, 0.25) is 0 Å². The van der Waals surface area contributed by atoms with Gasteiger partial charge in [0.15, 0.2) is 0 Å². The molecule has 0 bridgehead atoms. The molecule has 0 aromatic heterocycles. The van der Waals surface area contributed by atoms with Crippen molar-refractivity contribution in [1.29, 1.82) is 0 Å². The first-order valence-electron chi connectivity index (χ1n) is 11.5. The van der Waals surface area contributed by atoms with Crippen molar-refractivity contribution in [2.75, 3.05) is 17.9 Å². The summed E-state index contributed by atoms with van der Waals surface area (Å²) in [6, 6.07) is 20.0. The van der Waals surface area contributed by atoms with Gasteiger partial charge in [-0.15, -0.1) is 0 Å². The number of rotatable bonds is 9. The third-order valence-electron chi connectivity index (χ3n) is 6.11. The van der Waals surface area contributed by atoms with Gasteiger partial charge in [0, 0.05) is 18.1 Å². The third kappa shape index (κ3) is 6.14. The SMILES string of the molecule is CNC(=O)C(C)N(Cc1cccc(Br)c1)C(=O)CN(c1cccc(C)c1C)S(=O)(=O)c1ccccc1. The van der Waals surface area contributed by atoms with Crippen LogP contribution >= 0.6 is 15.9 Å². The van der Waals surface area contributed by atoms with E-state index in [4.69, 9.17) is 0 Å². The molecule has 0 saturated carbocycles. The average Bonchev–Trinajstić information content (AvgIpc) is 2.87.